The Morgan fingerprint density at radius 1 is 0.933 bits per heavy atom. The molecule has 0 unspecified atom stereocenters. The van der Waals surface area contributed by atoms with E-state index >= 15 is 0 Å². The molecule has 154 valence electrons. The van der Waals surface area contributed by atoms with E-state index in [2.05, 4.69) is 10.0 Å². The highest BCUT2D eigenvalue weighted by atomic mass is 35.5. The van der Waals surface area contributed by atoms with Gasteiger partial charge in [-0.1, -0.05) is 23.2 Å². The van der Waals surface area contributed by atoms with E-state index in [1.54, 1.807) is 0 Å². The molecule has 0 aliphatic rings. The fraction of sp³-hybridized carbons (Fsp3) is 0. The lowest BCUT2D eigenvalue weighted by Gasteiger charge is -2.12. The van der Waals surface area contributed by atoms with Crippen molar-refractivity contribution in [3.05, 3.63) is 92.5 Å². The molecule has 0 aliphatic heterocycles. The zero-order chi connectivity index (χ0) is 21.9. The van der Waals surface area contributed by atoms with E-state index in [0.29, 0.717) is 10.7 Å². The molecule has 0 heterocycles. The smallest absolute Gasteiger partial charge is 0.269 e. The van der Waals surface area contributed by atoms with Crippen LogP contribution in [-0.4, -0.2) is 19.2 Å². The first-order chi connectivity index (χ1) is 14.2. The molecule has 0 aromatic heterocycles. The highest BCUT2D eigenvalue weighted by Crippen LogP contribution is 2.27. The summed E-state index contributed by atoms with van der Waals surface area (Å²) in [7, 11) is -3.96. The average molecular weight is 466 g/mol. The molecule has 30 heavy (non-hydrogen) atoms. The Labute approximate surface area is 181 Å². The van der Waals surface area contributed by atoms with Gasteiger partial charge in [-0.3, -0.25) is 19.6 Å². The van der Waals surface area contributed by atoms with Crippen LogP contribution in [0, 0.1) is 10.1 Å². The number of benzene rings is 3. The lowest BCUT2D eigenvalue weighted by molar-refractivity contribution is -0.384. The summed E-state index contributed by atoms with van der Waals surface area (Å²) in [5.41, 5.74) is 0.361. The van der Waals surface area contributed by atoms with E-state index in [9.17, 15) is 23.3 Å². The Kier molecular flexibility index (Phi) is 6.25. The summed E-state index contributed by atoms with van der Waals surface area (Å²) in [5.74, 6) is -0.605. The van der Waals surface area contributed by atoms with Crippen LogP contribution in [0.15, 0.2) is 71.6 Å². The first-order valence-electron chi connectivity index (χ1n) is 8.29. The number of hydrogen-bond acceptors (Lipinski definition) is 5. The zero-order valence-electron chi connectivity index (χ0n) is 15.0. The van der Waals surface area contributed by atoms with Crippen molar-refractivity contribution < 1.29 is 18.1 Å². The normalized spacial score (nSPS) is 11.0. The van der Waals surface area contributed by atoms with Gasteiger partial charge in [-0.2, -0.15) is 0 Å². The van der Waals surface area contributed by atoms with Crippen molar-refractivity contribution in [2.45, 2.75) is 4.90 Å². The number of non-ortho nitro benzene ring substituents is 1. The maximum atomic E-state index is 12.6. The molecule has 0 atom stereocenters. The van der Waals surface area contributed by atoms with Gasteiger partial charge in [0.05, 0.1) is 20.5 Å². The second kappa shape index (κ2) is 8.70. The fourth-order valence-corrected chi connectivity index (χ4v) is 3.80. The van der Waals surface area contributed by atoms with Crippen LogP contribution < -0.4 is 10.0 Å². The molecule has 0 saturated carbocycles. The Balaban J connectivity index is 1.82. The number of rotatable bonds is 6. The number of nitro benzene ring substituents is 1. The van der Waals surface area contributed by atoms with Crippen LogP contribution in [0.4, 0.5) is 17.1 Å². The first kappa shape index (κ1) is 21.6. The van der Waals surface area contributed by atoms with Gasteiger partial charge in [-0.15, -0.1) is 0 Å². The molecule has 0 radical (unpaired) electrons. The maximum Gasteiger partial charge on any atom is 0.269 e. The molecular weight excluding hydrogens is 453 g/mol. The van der Waals surface area contributed by atoms with Crippen LogP contribution in [0.25, 0.3) is 0 Å². The highest BCUT2D eigenvalue weighted by molar-refractivity contribution is 7.92. The van der Waals surface area contributed by atoms with Crippen molar-refractivity contribution in [3.63, 3.8) is 0 Å². The topological polar surface area (TPSA) is 118 Å². The fourth-order valence-electron chi connectivity index (χ4n) is 2.43. The van der Waals surface area contributed by atoms with Crippen LogP contribution in [-0.2, 0) is 10.0 Å². The number of carbonyl (C=O) groups is 1. The largest absolute Gasteiger partial charge is 0.321 e. The Morgan fingerprint density at radius 2 is 1.57 bits per heavy atom. The van der Waals surface area contributed by atoms with Crippen molar-refractivity contribution in [1.82, 2.24) is 0 Å². The maximum absolute atomic E-state index is 12.6. The van der Waals surface area contributed by atoms with E-state index in [-0.39, 0.29) is 26.9 Å². The summed E-state index contributed by atoms with van der Waals surface area (Å²) >= 11 is 11.9. The number of anilines is 2. The van der Waals surface area contributed by atoms with E-state index in [1.165, 1.54) is 66.7 Å². The van der Waals surface area contributed by atoms with Crippen molar-refractivity contribution >= 4 is 56.2 Å². The molecule has 3 aromatic carbocycles. The minimum atomic E-state index is -3.96. The third kappa shape index (κ3) is 5.07. The SMILES string of the molecule is O=C(Nc1cc(S(=O)(=O)Nc2ccc(Cl)cc2)ccc1Cl)c1ccc([N+](=O)[O-])cc1. The summed E-state index contributed by atoms with van der Waals surface area (Å²) in [5, 5.41) is 13.8. The average Bonchev–Trinajstić information content (AvgIpc) is 2.71. The summed E-state index contributed by atoms with van der Waals surface area (Å²) in [6, 6.07) is 14.9. The molecule has 0 saturated heterocycles. The lowest BCUT2D eigenvalue weighted by atomic mass is 10.2. The van der Waals surface area contributed by atoms with Crippen LogP contribution in [0.3, 0.4) is 0 Å². The third-order valence-corrected chi connectivity index (χ3v) is 5.89. The standard InChI is InChI=1S/C19H13Cl2N3O5S/c20-13-3-5-14(6-4-13)23-30(28,29)16-9-10-17(21)18(11-16)22-19(25)12-1-7-15(8-2-12)24(26)27/h1-11,23H,(H,22,25). The number of halogens is 2. The third-order valence-electron chi connectivity index (χ3n) is 3.93. The molecule has 0 spiro atoms. The first-order valence-corrected chi connectivity index (χ1v) is 10.5. The Hall–Kier alpha value is -3.14. The number of nitrogens with zero attached hydrogens (tertiary/aromatic N) is 1. The van der Waals surface area contributed by atoms with Crippen molar-refractivity contribution in [2.24, 2.45) is 0 Å². The van der Waals surface area contributed by atoms with Gasteiger partial charge in [0, 0.05) is 28.4 Å². The van der Waals surface area contributed by atoms with E-state index < -0.39 is 20.9 Å². The van der Waals surface area contributed by atoms with Gasteiger partial charge in [0.25, 0.3) is 21.6 Å². The minimum Gasteiger partial charge on any atom is -0.321 e. The lowest BCUT2D eigenvalue weighted by Crippen LogP contribution is -2.15. The van der Waals surface area contributed by atoms with Crippen LogP contribution >= 0.6 is 23.2 Å². The van der Waals surface area contributed by atoms with Crippen LogP contribution in [0.5, 0.6) is 0 Å². The molecule has 3 aromatic rings. The predicted molar refractivity (Wildman–Crippen MR) is 115 cm³/mol. The number of sulfonamides is 1. The highest BCUT2D eigenvalue weighted by Gasteiger charge is 2.18. The van der Waals surface area contributed by atoms with Gasteiger partial charge < -0.3 is 5.32 Å². The molecule has 2 N–H and O–H groups in total. The molecule has 3 rings (SSSR count). The van der Waals surface area contributed by atoms with Gasteiger partial charge in [0.2, 0.25) is 0 Å². The molecule has 1 amide bonds. The monoisotopic (exact) mass is 465 g/mol. The molecule has 0 aliphatic carbocycles. The number of nitro groups is 1. The minimum absolute atomic E-state index is 0.0685. The summed E-state index contributed by atoms with van der Waals surface area (Å²) in [6.45, 7) is 0. The summed E-state index contributed by atoms with van der Waals surface area (Å²) in [6.07, 6.45) is 0. The van der Waals surface area contributed by atoms with Crippen molar-refractivity contribution in [1.29, 1.82) is 0 Å². The molecule has 0 bridgehead atoms. The van der Waals surface area contributed by atoms with E-state index in [0.717, 1.165) is 0 Å². The Morgan fingerprint density at radius 3 is 2.17 bits per heavy atom. The zero-order valence-corrected chi connectivity index (χ0v) is 17.3. The predicted octanol–water partition coefficient (Wildman–Crippen LogP) is 4.95. The number of hydrogen-bond donors (Lipinski definition) is 2. The van der Waals surface area contributed by atoms with E-state index in [4.69, 9.17) is 23.2 Å². The number of carbonyl (C=O) groups excluding carboxylic acids is 1. The quantitative estimate of drug-likeness (QED) is 0.394. The van der Waals surface area contributed by atoms with Crippen molar-refractivity contribution in [2.75, 3.05) is 10.0 Å². The summed E-state index contributed by atoms with van der Waals surface area (Å²) < 4.78 is 27.7. The second-order valence-corrected chi connectivity index (χ2v) is 8.54. The molecule has 8 nitrogen and oxygen atoms in total. The van der Waals surface area contributed by atoms with Gasteiger partial charge in [-0.25, -0.2) is 8.42 Å². The molecular formula is C19H13Cl2N3O5S. The number of nitrogens with one attached hydrogen (secondary N) is 2. The van der Waals surface area contributed by atoms with Crippen molar-refractivity contribution in [3.8, 4) is 0 Å². The van der Waals surface area contributed by atoms with Gasteiger partial charge in [-0.05, 0) is 54.6 Å². The second-order valence-electron chi connectivity index (χ2n) is 6.01. The van der Waals surface area contributed by atoms with Gasteiger partial charge in [0.1, 0.15) is 0 Å². The van der Waals surface area contributed by atoms with Crippen LogP contribution in [0.2, 0.25) is 10.0 Å². The number of amides is 1. The summed E-state index contributed by atoms with van der Waals surface area (Å²) in [4.78, 5) is 22.4. The Bertz CT molecular complexity index is 1210. The molecule has 11 heteroatoms. The van der Waals surface area contributed by atoms with E-state index in [1.807, 2.05) is 0 Å². The molecule has 0 fully saturated rings. The van der Waals surface area contributed by atoms with Gasteiger partial charge >= 0.3 is 0 Å². The van der Waals surface area contributed by atoms with Crippen LogP contribution in [0.1, 0.15) is 10.4 Å². The van der Waals surface area contributed by atoms with Gasteiger partial charge in [0.15, 0.2) is 0 Å².